The first-order chi connectivity index (χ1) is 7.89. The van der Waals surface area contributed by atoms with Crippen LogP contribution in [0, 0.1) is 17.8 Å². The van der Waals surface area contributed by atoms with Crippen LogP contribution in [0.15, 0.2) is 0 Å². The van der Waals surface area contributed by atoms with Crippen LogP contribution >= 0.6 is 0 Å². The lowest BCUT2D eigenvalue weighted by atomic mass is 9.83. The van der Waals surface area contributed by atoms with Crippen LogP contribution in [0.5, 0.6) is 0 Å². The van der Waals surface area contributed by atoms with Crippen LogP contribution < -0.4 is 0 Å². The van der Waals surface area contributed by atoms with Crippen LogP contribution in [0.1, 0.15) is 46.5 Å². The number of aliphatic carboxylic acids is 1. The van der Waals surface area contributed by atoms with Crippen molar-refractivity contribution in [2.45, 2.75) is 52.0 Å². The number of hydrogen-bond acceptors (Lipinski definition) is 2. The van der Waals surface area contributed by atoms with E-state index in [2.05, 4.69) is 25.7 Å². The normalized spacial score (nSPS) is 32.2. The summed E-state index contributed by atoms with van der Waals surface area (Å²) in [6.45, 7) is 8.26. The Hall–Kier alpha value is -0.570. The molecule has 98 valence electrons. The molecule has 1 heterocycles. The molecule has 1 saturated heterocycles. The Bertz CT molecular complexity index is 289. The van der Waals surface area contributed by atoms with Gasteiger partial charge in [-0.2, -0.15) is 0 Å². The lowest BCUT2D eigenvalue weighted by Gasteiger charge is -2.32. The number of carboxylic acids is 1. The number of hydrogen-bond donors (Lipinski definition) is 1. The van der Waals surface area contributed by atoms with Gasteiger partial charge in [-0.1, -0.05) is 25.7 Å². The van der Waals surface area contributed by atoms with E-state index in [0.29, 0.717) is 11.8 Å². The van der Waals surface area contributed by atoms with Crippen molar-refractivity contribution >= 4 is 5.97 Å². The van der Waals surface area contributed by atoms with E-state index in [9.17, 15) is 9.90 Å². The molecule has 0 aromatic heterocycles. The molecule has 0 unspecified atom stereocenters. The molecule has 2 atom stereocenters. The molecule has 2 fully saturated rings. The van der Waals surface area contributed by atoms with Crippen LogP contribution in [-0.2, 0) is 4.79 Å². The molecule has 0 aromatic rings. The number of rotatable bonds is 2. The van der Waals surface area contributed by atoms with E-state index >= 15 is 0 Å². The van der Waals surface area contributed by atoms with Crippen molar-refractivity contribution in [1.29, 1.82) is 0 Å². The molecule has 3 heteroatoms. The Morgan fingerprint density at radius 1 is 1.18 bits per heavy atom. The highest BCUT2D eigenvalue weighted by Crippen LogP contribution is 2.41. The smallest absolute Gasteiger partial charge is 0.308 e. The average Bonchev–Trinajstić information content (AvgIpc) is 2.85. The summed E-state index contributed by atoms with van der Waals surface area (Å²) in [6, 6.07) is 0. The van der Waals surface area contributed by atoms with Crippen molar-refractivity contribution in [2.24, 2.45) is 17.8 Å². The van der Waals surface area contributed by atoms with E-state index in [1.54, 1.807) is 0 Å². The molecule has 0 spiro atoms. The maximum absolute atomic E-state index is 11.4. The van der Waals surface area contributed by atoms with E-state index in [0.717, 1.165) is 13.1 Å². The van der Waals surface area contributed by atoms with E-state index in [1.807, 2.05) is 0 Å². The van der Waals surface area contributed by atoms with Crippen molar-refractivity contribution in [3.8, 4) is 0 Å². The zero-order chi connectivity index (χ0) is 12.6. The number of nitrogens with zero attached hydrogens (tertiary/aromatic N) is 1. The highest BCUT2D eigenvalue weighted by molar-refractivity contribution is 5.71. The monoisotopic (exact) mass is 239 g/mol. The standard InChI is InChI=1S/C14H25NO2/c1-14(2,3)15-8-11(10-6-4-5-7-10)12(9-15)13(16)17/h10-12H,4-9H2,1-3H3,(H,16,17)/t11-,12+/m1/s1. The molecular formula is C14H25NO2. The van der Waals surface area contributed by atoms with Crippen LogP contribution in [0.25, 0.3) is 0 Å². The van der Waals surface area contributed by atoms with Gasteiger partial charge in [0.15, 0.2) is 0 Å². The summed E-state index contributed by atoms with van der Waals surface area (Å²) < 4.78 is 0. The molecule has 0 amide bonds. The van der Waals surface area contributed by atoms with Gasteiger partial charge >= 0.3 is 5.97 Å². The summed E-state index contributed by atoms with van der Waals surface area (Å²) in [7, 11) is 0. The summed E-state index contributed by atoms with van der Waals surface area (Å²) in [5.41, 5.74) is 0.0983. The van der Waals surface area contributed by atoms with Crippen molar-refractivity contribution in [3.05, 3.63) is 0 Å². The van der Waals surface area contributed by atoms with Crippen LogP contribution in [0.2, 0.25) is 0 Å². The maximum atomic E-state index is 11.4. The van der Waals surface area contributed by atoms with Crippen molar-refractivity contribution < 1.29 is 9.90 Å². The van der Waals surface area contributed by atoms with Crippen molar-refractivity contribution in [2.75, 3.05) is 13.1 Å². The minimum atomic E-state index is -0.589. The lowest BCUT2D eigenvalue weighted by Crippen LogP contribution is -2.40. The molecule has 1 aliphatic heterocycles. The summed E-state index contributed by atoms with van der Waals surface area (Å²) in [6.07, 6.45) is 5.07. The topological polar surface area (TPSA) is 40.5 Å². The molecule has 0 bridgehead atoms. The Balaban J connectivity index is 2.10. The van der Waals surface area contributed by atoms with Crippen LogP contribution in [-0.4, -0.2) is 34.6 Å². The fraction of sp³-hybridized carbons (Fsp3) is 0.929. The fourth-order valence-electron chi connectivity index (χ4n) is 3.50. The molecule has 3 nitrogen and oxygen atoms in total. The lowest BCUT2D eigenvalue weighted by molar-refractivity contribution is -0.143. The van der Waals surface area contributed by atoms with Gasteiger partial charge in [0.2, 0.25) is 0 Å². The van der Waals surface area contributed by atoms with Gasteiger partial charge in [0.1, 0.15) is 0 Å². The largest absolute Gasteiger partial charge is 0.481 e. The molecule has 2 rings (SSSR count). The van der Waals surface area contributed by atoms with Crippen molar-refractivity contribution in [1.82, 2.24) is 4.90 Å². The molecule has 1 N–H and O–H groups in total. The predicted molar refractivity (Wildman–Crippen MR) is 67.9 cm³/mol. The second-order valence-corrected chi connectivity index (χ2v) is 6.73. The number of carboxylic acid groups (broad SMARTS) is 1. The van der Waals surface area contributed by atoms with E-state index in [4.69, 9.17) is 0 Å². The molecular weight excluding hydrogens is 214 g/mol. The van der Waals surface area contributed by atoms with Crippen LogP contribution in [0.3, 0.4) is 0 Å². The zero-order valence-electron chi connectivity index (χ0n) is 11.3. The van der Waals surface area contributed by atoms with Gasteiger partial charge in [-0.3, -0.25) is 9.69 Å². The van der Waals surface area contributed by atoms with Gasteiger partial charge in [-0.15, -0.1) is 0 Å². The molecule has 0 radical (unpaired) electrons. The van der Waals surface area contributed by atoms with Gasteiger partial charge in [0, 0.05) is 18.6 Å². The van der Waals surface area contributed by atoms with E-state index < -0.39 is 5.97 Å². The third-order valence-corrected chi connectivity index (χ3v) is 4.64. The highest BCUT2D eigenvalue weighted by Gasteiger charge is 2.44. The zero-order valence-corrected chi connectivity index (χ0v) is 11.3. The molecule has 1 saturated carbocycles. The average molecular weight is 239 g/mol. The minimum Gasteiger partial charge on any atom is -0.481 e. The van der Waals surface area contributed by atoms with Gasteiger partial charge in [-0.05, 0) is 32.6 Å². The van der Waals surface area contributed by atoms with Gasteiger partial charge in [0.05, 0.1) is 5.92 Å². The molecule has 17 heavy (non-hydrogen) atoms. The summed E-state index contributed by atoms with van der Waals surface area (Å²) >= 11 is 0. The number of likely N-dealkylation sites (tertiary alicyclic amines) is 1. The first-order valence-electron chi connectivity index (χ1n) is 6.87. The highest BCUT2D eigenvalue weighted by atomic mass is 16.4. The quantitative estimate of drug-likeness (QED) is 0.805. The summed E-state index contributed by atoms with van der Waals surface area (Å²) in [5.74, 6) is 0.309. The first kappa shape index (κ1) is 12.9. The predicted octanol–water partition coefficient (Wildman–Crippen LogP) is 2.61. The van der Waals surface area contributed by atoms with Crippen molar-refractivity contribution in [3.63, 3.8) is 0 Å². The Labute approximate surface area is 104 Å². The third kappa shape index (κ3) is 2.65. The number of carbonyl (C=O) groups is 1. The second-order valence-electron chi connectivity index (χ2n) is 6.73. The third-order valence-electron chi connectivity index (χ3n) is 4.64. The Morgan fingerprint density at radius 3 is 2.24 bits per heavy atom. The molecule has 1 aliphatic carbocycles. The van der Waals surface area contributed by atoms with E-state index in [1.165, 1.54) is 25.7 Å². The fourth-order valence-corrected chi connectivity index (χ4v) is 3.50. The Kier molecular flexibility index (Phi) is 3.48. The molecule has 2 aliphatic rings. The second kappa shape index (κ2) is 4.60. The summed E-state index contributed by atoms with van der Waals surface area (Å²) in [5, 5.41) is 9.40. The first-order valence-corrected chi connectivity index (χ1v) is 6.87. The maximum Gasteiger partial charge on any atom is 0.308 e. The molecule has 0 aromatic carbocycles. The van der Waals surface area contributed by atoms with Gasteiger partial charge in [-0.25, -0.2) is 0 Å². The van der Waals surface area contributed by atoms with Crippen LogP contribution in [0.4, 0.5) is 0 Å². The minimum absolute atomic E-state index is 0.0983. The summed E-state index contributed by atoms with van der Waals surface area (Å²) in [4.78, 5) is 13.8. The van der Waals surface area contributed by atoms with Gasteiger partial charge in [0.25, 0.3) is 0 Å². The van der Waals surface area contributed by atoms with E-state index in [-0.39, 0.29) is 11.5 Å². The SMILES string of the molecule is CC(C)(C)N1C[C@H](C(=O)O)[C@@H](C2CCCC2)C1. The Morgan fingerprint density at radius 2 is 1.76 bits per heavy atom. The van der Waals surface area contributed by atoms with Gasteiger partial charge < -0.3 is 5.11 Å².